The molecule has 0 aromatic carbocycles. The van der Waals surface area contributed by atoms with Gasteiger partial charge in [0.2, 0.25) is 0 Å². The van der Waals surface area contributed by atoms with Gasteiger partial charge in [-0.2, -0.15) is 4.98 Å². The summed E-state index contributed by atoms with van der Waals surface area (Å²) in [5.74, 6) is 1.97. The van der Waals surface area contributed by atoms with Crippen LogP contribution in [0, 0.1) is 26.7 Å². The van der Waals surface area contributed by atoms with Gasteiger partial charge < -0.3 is 4.90 Å². The molecular formula is C25H27N7O. The second-order valence-corrected chi connectivity index (χ2v) is 9.38. The maximum Gasteiger partial charge on any atom is 0.351 e. The van der Waals surface area contributed by atoms with Crippen molar-refractivity contribution < 1.29 is 0 Å². The molecule has 8 nitrogen and oxygen atoms in total. The molecule has 4 aromatic heterocycles. The third kappa shape index (κ3) is 3.41. The summed E-state index contributed by atoms with van der Waals surface area (Å²) in [6, 6.07) is 4.25. The Morgan fingerprint density at radius 1 is 1.15 bits per heavy atom. The van der Waals surface area contributed by atoms with Crippen molar-refractivity contribution in [3.8, 4) is 11.1 Å². The normalized spacial score (nSPS) is 15.8. The monoisotopic (exact) mass is 441 g/mol. The number of fused-ring (bicyclic) bond motifs is 2. The second-order valence-electron chi connectivity index (χ2n) is 9.38. The Balaban J connectivity index is 1.37. The van der Waals surface area contributed by atoms with Gasteiger partial charge in [-0.05, 0) is 62.8 Å². The van der Waals surface area contributed by atoms with Crippen LogP contribution < -0.4 is 10.6 Å². The zero-order valence-corrected chi connectivity index (χ0v) is 19.2. The predicted molar refractivity (Wildman–Crippen MR) is 126 cm³/mol. The number of aryl methyl sites for hydroxylation is 2. The lowest BCUT2D eigenvalue weighted by atomic mass is 9.99. The molecule has 0 atom stereocenters. The molecule has 1 fully saturated rings. The standard InChI is InChI=1S/C25H27N7O/c1-15-6-8-26-12-21(15)19-10-20-14-30(9-7-22(20)27-11-19)23-16(2)17(3)32-24(28-23)29-31(25(32)33)13-18-4-5-18/h6,8,10-12,18H,4-5,7,9,13-14H2,1-3H3. The van der Waals surface area contributed by atoms with E-state index in [0.29, 0.717) is 18.2 Å². The highest BCUT2D eigenvalue weighted by Crippen LogP contribution is 2.31. The van der Waals surface area contributed by atoms with E-state index in [4.69, 9.17) is 9.97 Å². The number of hydrogen-bond acceptors (Lipinski definition) is 6. The van der Waals surface area contributed by atoms with E-state index in [9.17, 15) is 4.79 Å². The highest BCUT2D eigenvalue weighted by atomic mass is 16.2. The quantitative estimate of drug-likeness (QED) is 0.484. The summed E-state index contributed by atoms with van der Waals surface area (Å²) >= 11 is 0. The first-order chi connectivity index (χ1) is 16.0. The van der Waals surface area contributed by atoms with Crippen LogP contribution in [0.2, 0.25) is 0 Å². The van der Waals surface area contributed by atoms with Crippen LogP contribution in [-0.2, 0) is 19.5 Å². The van der Waals surface area contributed by atoms with Crippen molar-refractivity contribution in [2.75, 3.05) is 11.4 Å². The van der Waals surface area contributed by atoms with Gasteiger partial charge in [0.15, 0.2) is 0 Å². The van der Waals surface area contributed by atoms with Crippen molar-refractivity contribution in [1.29, 1.82) is 0 Å². The highest BCUT2D eigenvalue weighted by Gasteiger charge is 2.26. The molecule has 1 saturated carbocycles. The fourth-order valence-electron chi connectivity index (χ4n) is 4.76. The van der Waals surface area contributed by atoms with E-state index < -0.39 is 0 Å². The fourth-order valence-corrected chi connectivity index (χ4v) is 4.76. The van der Waals surface area contributed by atoms with Crippen LogP contribution in [0.25, 0.3) is 16.9 Å². The molecule has 1 aliphatic carbocycles. The molecule has 6 rings (SSSR count). The average Bonchev–Trinajstić information content (AvgIpc) is 3.58. The van der Waals surface area contributed by atoms with Crippen molar-refractivity contribution in [2.45, 2.75) is 53.1 Å². The molecule has 168 valence electrons. The van der Waals surface area contributed by atoms with Gasteiger partial charge in [-0.1, -0.05) is 0 Å². The summed E-state index contributed by atoms with van der Waals surface area (Å²) in [4.78, 5) is 29.1. The Kier molecular flexibility index (Phi) is 4.57. The highest BCUT2D eigenvalue weighted by molar-refractivity contribution is 5.66. The van der Waals surface area contributed by atoms with Gasteiger partial charge >= 0.3 is 5.69 Å². The summed E-state index contributed by atoms with van der Waals surface area (Å²) in [5, 5.41) is 4.57. The van der Waals surface area contributed by atoms with E-state index in [0.717, 1.165) is 53.4 Å². The van der Waals surface area contributed by atoms with E-state index in [2.05, 4.69) is 28.0 Å². The van der Waals surface area contributed by atoms with Gasteiger partial charge in [0, 0.05) is 72.7 Å². The molecule has 5 heterocycles. The summed E-state index contributed by atoms with van der Waals surface area (Å²) in [5.41, 5.74) is 7.57. The summed E-state index contributed by atoms with van der Waals surface area (Å²) in [6.07, 6.45) is 8.89. The minimum atomic E-state index is -0.0822. The average molecular weight is 442 g/mol. The molecule has 8 heteroatoms. The van der Waals surface area contributed by atoms with Gasteiger partial charge in [0.05, 0.1) is 0 Å². The Bertz CT molecular complexity index is 1450. The molecule has 0 N–H and O–H groups in total. The van der Waals surface area contributed by atoms with Crippen LogP contribution in [0.15, 0.2) is 35.5 Å². The van der Waals surface area contributed by atoms with Crippen LogP contribution in [0.4, 0.5) is 5.82 Å². The van der Waals surface area contributed by atoms with E-state index in [1.165, 1.54) is 24.0 Å². The zero-order valence-electron chi connectivity index (χ0n) is 19.2. The zero-order chi connectivity index (χ0) is 22.7. The largest absolute Gasteiger partial charge is 0.351 e. The number of pyridine rings is 2. The Labute approximate surface area is 191 Å². The maximum absolute atomic E-state index is 12.9. The molecular weight excluding hydrogens is 414 g/mol. The van der Waals surface area contributed by atoms with E-state index >= 15 is 0 Å². The van der Waals surface area contributed by atoms with Crippen molar-refractivity contribution in [3.05, 3.63) is 69.3 Å². The molecule has 4 aromatic rings. The topological polar surface area (TPSA) is 81.2 Å². The molecule has 33 heavy (non-hydrogen) atoms. The minimum absolute atomic E-state index is 0.0822. The smallest absolute Gasteiger partial charge is 0.351 e. The van der Waals surface area contributed by atoms with Crippen LogP contribution in [0.1, 0.15) is 40.9 Å². The van der Waals surface area contributed by atoms with Crippen LogP contribution >= 0.6 is 0 Å². The van der Waals surface area contributed by atoms with E-state index in [1.807, 2.05) is 38.5 Å². The van der Waals surface area contributed by atoms with Crippen molar-refractivity contribution in [2.24, 2.45) is 5.92 Å². The van der Waals surface area contributed by atoms with Crippen LogP contribution in [-0.4, -0.2) is 35.7 Å². The maximum atomic E-state index is 12.9. The summed E-state index contributed by atoms with van der Waals surface area (Å²) in [6.45, 7) is 8.38. The predicted octanol–water partition coefficient (Wildman–Crippen LogP) is 3.25. The third-order valence-corrected chi connectivity index (χ3v) is 7.06. The Hall–Kier alpha value is -3.55. The first kappa shape index (κ1) is 20.1. The van der Waals surface area contributed by atoms with Gasteiger partial charge in [-0.3, -0.25) is 9.97 Å². The molecule has 1 aliphatic heterocycles. The minimum Gasteiger partial charge on any atom is -0.351 e. The van der Waals surface area contributed by atoms with E-state index in [-0.39, 0.29) is 5.69 Å². The van der Waals surface area contributed by atoms with Crippen LogP contribution in [0.5, 0.6) is 0 Å². The third-order valence-electron chi connectivity index (χ3n) is 7.06. The molecule has 0 spiro atoms. The Morgan fingerprint density at radius 3 is 2.79 bits per heavy atom. The SMILES string of the molecule is Cc1ccncc1-c1cnc2c(c1)CN(c1nc3nn(CC4CC4)c(=O)n3c(C)c1C)CC2. The van der Waals surface area contributed by atoms with Crippen molar-refractivity contribution in [3.63, 3.8) is 0 Å². The first-order valence-corrected chi connectivity index (χ1v) is 11.6. The lowest BCUT2D eigenvalue weighted by Crippen LogP contribution is -2.33. The summed E-state index contributed by atoms with van der Waals surface area (Å²) < 4.78 is 3.25. The van der Waals surface area contributed by atoms with Crippen molar-refractivity contribution >= 4 is 11.6 Å². The number of hydrogen-bond donors (Lipinski definition) is 0. The van der Waals surface area contributed by atoms with Gasteiger partial charge in [-0.15, -0.1) is 5.10 Å². The fraction of sp³-hybridized carbons (Fsp3) is 0.400. The van der Waals surface area contributed by atoms with E-state index in [1.54, 1.807) is 9.08 Å². The lowest BCUT2D eigenvalue weighted by Gasteiger charge is -2.31. The van der Waals surface area contributed by atoms with Gasteiger partial charge in [0.25, 0.3) is 5.78 Å². The van der Waals surface area contributed by atoms with Crippen LogP contribution in [0.3, 0.4) is 0 Å². The first-order valence-electron chi connectivity index (χ1n) is 11.6. The Morgan fingerprint density at radius 2 is 2.00 bits per heavy atom. The lowest BCUT2D eigenvalue weighted by molar-refractivity contribution is 0.544. The molecule has 0 saturated heterocycles. The number of aromatic nitrogens is 6. The van der Waals surface area contributed by atoms with Crippen molar-refractivity contribution in [1.82, 2.24) is 29.1 Å². The number of rotatable bonds is 4. The molecule has 0 unspecified atom stereocenters. The molecule has 0 bridgehead atoms. The summed E-state index contributed by atoms with van der Waals surface area (Å²) in [7, 11) is 0. The van der Waals surface area contributed by atoms with Gasteiger partial charge in [0.1, 0.15) is 5.82 Å². The molecule has 0 radical (unpaired) electrons. The molecule has 2 aliphatic rings. The molecule has 0 amide bonds. The van der Waals surface area contributed by atoms with Gasteiger partial charge in [-0.25, -0.2) is 13.9 Å². The number of nitrogens with zero attached hydrogens (tertiary/aromatic N) is 7. The second kappa shape index (κ2) is 7.50. The number of anilines is 1.